The zero-order chi connectivity index (χ0) is 16.5. The molecular formula is C14H26O8. The van der Waals surface area contributed by atoms with E-state index in [1.807, 2.05) is 0 Å². The average molecular weight is 322 g/mol. The molecule has 0 aromatic rings. The van der Waals surface area contributed by atoms with Crippen LogP contribution in [0.2, 0.25) is 0 Å². The van der Waals surface area contributed by atoms with Gasteiger partial charge in [0.05, 0.1) is 52.9 Å². The third kappa shape index (κ3) is 15.2. The summed E-state index contributed by atoms with van der Waals surface area (Å²) in [4.78, 5) is 21.9. The van der Waals surface area contributed by atoms with Gasteiger partial charge in [-0.25, -0.2) is 9.59 Å². The second-order valence-corrected chi connectivity index (χ2v) is 3.94. The zero-order valence-electron chi connectivity index (χ0n) is 13.3. The van der Waals surface area contributed by atoms with E-state index in [0.717, 1.165) is 0 Å². The second kappa shape index (κ2) is 16.2. The van der Waals surface area contributed by atoms with Gasteiger partial charge in [0.25, 0.3) is 0 Å². The summed E-state index contributed by atoms with van der Waals surface area (Å²) in [5.41, 5.74) is 0. The monoisotopic (exact) mass is 322 g/mol. The smallest absolute Gasteiger partial charge is 0.332 e. The maximum absolute atomic E-state index is 10.9. The van der Waals surface area contributed by atoms with E-state index in [1.165, 1.54) is 0 Å². The first kappa shape index (κ1) is 20.8. The van der Waals surface area contributed by atoms with E-state index in [2.05, 4.69) is 0 Å². The molecule has 0 radical (unpaired) electrons. The Bertz CT molecular complexity index is 254. The fourth-order valence-corrected chi connectivity index (χ4v) is 1.27. The summed E-state index contributed by atoms with van der Waals surface area (Å²) < 4.78 is 30.0. The van der Waals surface area contributed by atoms with E-state index in [-0.39, 0.29) is 25.2 Å². The van der Waals surface area contributed by atoms with E-state index in [1.54, 1.807) is 13.8 Å². The van der Waals surface area contributed by atoms with Crippen molar-refractivity contribution in [2.75, 3.05) is 66.1 Å². The van der Waals surface area contributed by atoms with Crippen LogP contribution in [0, 0.1) is 0 Å². The lowest BCUT2D eigenvalue weighted by atomic mass is 10.6. The van der Waals surface area contributed by atoms with Crippen molar-refractivity contribution in [3.8, 4) is 0 Å². The third-order valence-corrected chi connectivity index (χ3v) is 2.17. The molecule has 0 fully saturated rings. The molecule has 0 aromatic carbocycles. The fourth-order valence-electron chi connectivity index (χ4n) is 1.27. The third-order valence-electron chi connectivity index (χ3n) is 2.17. The predicted molar refractivity (Wildman–Crippen MR) is 76.5 cm³/mol. The molecule has 0 bridgehead atoms. The Balaban J connectivity index is 3.11. The van der Waals surface area contributed by atoms with Crippen molar-refractivity contribution in [2.45, 2.75) is 13.8 Å². The Labute approximate surface area is 130 Å². The van der Waals surface area contributed by atoms with E-state index in [4.69, 9.17) is 28.4 Å². The molecule has 0 spiro atoms. The van der Waals surface area contributed by atoms with Gasteiger partial charge in [-0.2, -0.15) is 0 Å². The van der Waals surface area contributed by atoms with Crippen LogP contribution in [0.5, 0.6) is 0 Å². The number of ether oxygens (including phenoxy) is 6. The standard InChI is InChI=1S/C14H26O8/c1-3-21-13(15)11-19-9-7-17-5-6-18-8-10-20-12-14(16)22-4-2/h3-12H2,1-2H3. The maximum atomic E-state index is 10.9. The second-order valence-electron chi connectivity index (χ2n) is 3.94. The van der Waals surface area contributed by atoms with Crippen LogP contribution in [0.3, 0.4) is 0 Å². The Kier molecular flexibility index (Phi) is 15.3. The van der Waals surface area contributed by atoms with Gasteiger partial charge in [-0.05, 0) is 13.8 Å². The van der Waals surface area contributed by atoms with Gasteiger partial charge in [-0.1, -0.05) is 0 Å². The molecule has 0 atom stereocenters. The van der Waals surface area contributed by atoms with Gasteiger partial charge in [0.15, 0.2) is 0 Å². The SMILES string of the molecule is CCOC(=O)COCCOCCOCCOCC(=O)OCC. The van der Waals surface area contributed by atoms with Gasteiger partial charge >= 0.3 is 11.9 Å². The van der Waals surface area contributed by atoms with Crippen LogP contribution in [0.4, 0.5) is 0 Å². The fraction of sp³-hybridized carbons (Fsp3) is 0.857. The predicted octanol–water partition coefficient (Wildman–Crippen LogP) is 0.179. The molecular weight excluding hydrogens is 296 g/mol. The topological polar surface area (TPSA) is 89.5 Å². The van der Waals surface area contributed by atoms with Crippen molar-refractivity contribution in [3.05, 3.63) is 0 Å². The van der Waals surface area contributed by atoms with Gasteiger partial charge in [-0.3, -0.25) is 0 Å². The molecule has 8 nitrogen and oxygen atoms in total. The van der Waals surface area contributed by atoms with Crippen molar-refractivity contribution < 1.29 is 38.0 Å². The molecule has 8 heteroatoms. The van der Waals surface area contributed by atoms with E-state index in [9.17, 15) is 9.59 Å². The van der Waals surface area contributed by atoms with Crippen molar-refractivity contribution in [2.24, 2.45) is 0 Å². The number of carbonyl (C=O) groups excluding carboxylic acids is 2. The summed E-state index contributed by atoms with van der Waals surface area (Å²) in [5.74, 6) is -0.762. The molecule has 0 rings (SSSR count). The molecule has 0 amide bonds. The Morgan fingerprint density at radius 2 is 0.909 bits per heavy atom. The lowest BCUT2D eigenvalue weighted by Crippen LogP contribution is -2.17. The minimum absolute atomic E-state index is 0.0640. The van der Waals surface area contributed by atoms with Crippen molar-refractivity contribution in [3.63, 3.8) is 0 Å². The highest BCUT2D eigenvalue weighted by Gasteiger charge is 2.01. The summed E-state index contributed by atoms with van der Waals surface area (Å²) in [6.45, 7) is 6.27. The summed E-state index contributed by atoms with van der Waals surface area (Å²) >= 11 is 0. The first-order valence-corrected chi connectivity index (χ1v) is 7.32. The molecule has 130 valence electrons. The minimum atomic E-state index is -0.381. The molecule has 22 heavy (non-hydrogen) atoms. The van der Waals surface area contributed by atoms with Gasteiger partial charge in [0, 0.05) is 0 Å². The lowest BCUT2D eigenvalue weighted by molar-refractivity contribution is -0.150. The molecule has 0 aromatic heterocycles. The average Bonchev–Trinajstić information content (AvgIpc) is 2.49. The summed E-state index contributed by atoms with van der Waals surface area (Å²) in [6, 6.07) is 0. The summed E-state index contributed by atoms with van der Waals surface area (Å²) in [7, 11) is 0. The van der Waals surface area contributed by atoms with Gasteiger partial charge in [-0.15, -0.1) is 0 Å². The van der Waals surface area contributed by atoms with Crippen LogP contribution in [-0.2, 0) is 38.0 Å². The first-order chi connectivity index (χ1) is 10.7. The van der Waals surface area contributed by atoms with E-state index >= 15 is 0 Å². The molecule has 0 N–H and O–H groups in total. The van der Waals surface area contributed by atoms with Gasteiger partial charge in [0.1, 0.15) is 13.2 Å². The maximum Gasteiger partial charge on any atom is 0.332 e. The summed E-state index contributed by atoms with van der Waals surface area (Å²) in [5, 5.41) is 0. The highest BCUT2D eigenvalue weighted by Crippen LogP contribution is 1.85. The lowest BCUT2D eigenvalue weighted by Gasteiger charge is -2.07. The van der Waals surface area contributed by atoms with Crippen LogP contribution >= 0.6 is 0 Å². The molecule has 0 heterocycles. The number of carbonyl (C=O) groups is 2. The van der Waals surface area contributed by atoms with Gasteiger partial charge in [0.2, 0.25) is 0 Å². The highest BCUT2D eigenvalue weighted by atomic mass is 16.6. The van der Waals surface area contributed by atoms with Crippen LogP contribution in [0.15, 0.2) is 0 Å². The van der Waals surface area contributed by atoms with Crippen molar-refractivity contribution >= 4 is 11.9 Å². The highest BCUT2D eigenvalue weighted by molar-refractivity contribution is 5.70. The minimum Gasteiger partial charge on any atom is -0.464 e. The van der Waals surface area contributed by atoms with Crippen LogP contribution < -0.4 is 0 Å². The van der Waals surface area contributed by atoms with Crippen LogP contribution in [0.25, 0.3) is 0 Å². The summed E-state index contributed by atoms with van der Waals surface area (Å²) in [6.07, 6.45) is 0. The quantitative estimate of drug-likeness (QED) is 0.311. The molecule has 0 aliphatic rings. The number of hydrogen-bond donors (Lipinski definition) is 0. The zero-order valence-corrected chi connectivity index (χ0v) is 13.3. The number of rotatable bonds is 15. The van der Waals surface area contributed by atoms with Gasteiger partial charge < -0.3 is 28.4 Å². The number of esters is 2. The van der Waals surface area contributed by atoms with E-state index < -0.39 is 0 Å². The molecule has 0 aliphatic carbocycles. The Hall–Kier alpha value is -1.22. The normalized spacial score (nSPS) is 10.5. The largest absolute Gasteiger partial charge is 0.464 e. The number of hydrogen-bond acceptors (Lipinski definition) is 8. The van der Waals surface area contributed by atoms with Crippen LogP contribution in [-0.4, -0.2) is 78.0 Å². The van der Waals surface area contributed by atoms with Crippen molar-refractivity contribution in [1.29, 1.82) is 0 Å². The molecule has 0 saturated heterocycles. The molecule has 0 saturated carbocycles. The Morgan fingerprint density at radius 3 is 1.23 bits per heavy atom. The van der Waals surface area contributed by atoms with Crippen molar-refractivity contribution in [1.82, 2.24) is 0 Å². The molecule has 0 unspecified atom stereocenters. The van der Waals surface area contributed by atoms with Crippen LogP contribution in [0.1, 0.15) is 13.8 Å². The molecule has 0 aliphatic heterocycles. The van der Waals surface area contributed by atoms with E-state index in [0.29, 0.717) is 52.9 Å². The first-order valence-electron chi connectivity index (χ1n) is 7.32. The Morgan fingerprint density at radius 1 is 0.591 bits per heavy atom.